The standard InChI is InChI=1S/C25H19Cl2NO4/c1-14-6-5-7-15(12-14)22-21(23(29)17-8-3-4-9-20(17)32-2)24(30)25(31)28(22)16-10-11-18(26)19(27)13-16/h3-13,22,29H,1-2H3/b23-21+. The van der Waals surface area contributed by atoms with Crippen LogP contribution in [0.4, 0.5) is 5.69 Å². The van der Waals surface area contributed by atoms with Crippen molar-refractivity contribution in [3.05, 3.63) is 99.0 Å². The van der Waals surface area contributed by atoms with E-state index in [0.717, 1.165) is 5.56 Å². The van der Waals surface area contributed by atoms with Crippen molar-refractivity contribution in [3.8, 4) is 5.75 Å². The minimum atomic E-state index is -0.864. The molecule has 1 amide bonds. The number of Topliss-reactive ketones (excluding diaryl/α,β-unsaturated/α-hetero) is 1. The molecule has 1 unspecified atom stereocenters. The number of aliphatic hydroxyl groups excluding tert-OH is 1. The molecule has 1 fully saturated rings. The molecule has 3 aromatic carbocycles. The lowest BCUT2D eigenvalue weighted by atomic mass is 9.94. The van der Waals surface area contributed by atoms with Gasteiger partial charge in [0.25, 0.3) is 11.7 Å². The number of anilines is 1. The Bertz CT molecular complexity index is 1270. The normalized spacial score (nSPS) is 17.6. The highest BCUT2D eigenvalue weighted by molar-refractivity contribution is 6.52. The van der Waals surface area contributed by atoms with E-state index >= 15 is 0 Å². The van der Waals surface area contributed by atoms with Crippen molar-refractivity contribution in [1.82, 2.24) is 0 Å². The first-order valence-electron chi connectivity index (χ1n) is 9.79. The van der Waals surface area contributed by atoms with Crippen LogP contribution in [0.5, 0.6) is 5.75 Å². The molecule has 5 nitrogen and oxygen atoms in total. The number of nitrogens with zero attached hydrogens (tertiary/aromatic N) is 1. The number of carbonyl (C=O) groups excluding carboxylic acids is 2. The fourth-order valence-corrected chi connectivity index (χ4v) is 4.17. The maximum absolute atomic E-state index is 13.2. The average Bonchev–Trinajstić information content (AvgIpc) is 3.06. The highest BCUT2D eigenvalue weighted by atomic mass is 35.5. The van der Waals surface area contributed by atoms with Crippen molar-refractivity contribution in [3.63, 3.8) is 0 Å². The predicted molar refractivity (Wildman–Crippen MR) is 125 cm³/mol. The van der Waals surface area contributed by atoms with Crippen LogP contribution < -0.4 is 9.64 Å². The third kappa shape index (κ3) is 3.74. The monoisotopic (exact) mass is 467 g/mol. The largest absolute Gasteiger partial charge is 0.507 e. The van der Waals surface area contributed by atoms with Gasteiger partial charge in [-0.1, -0.05) is 65.2 Å². The van der Waals surface area contributed by atoms with Gasteiger partial charge in [0.2, 0.25) is 0 Å². The lowest BCUT2D eigenvalue weighted by Gasteiger charge is -2.26. The highest BCUT2D eigenvalue weighted by Gasteiger charge is 2.47. The third-order valence-electron chi connectivity index (χ3n) is 5.35. The molecule has 4 rings (SSSR count). The lowest BCUT2D eigenvalue weighted by Crippen LogP contribution is -2.29. The third-order valence-corrected chi connectivity index (χ3v) is 6.08. The molecule has 1 N–H and O–H groups in total. The van der Waals surface area contributed by atoms with Crippen molar-refractivity contribution >= 4 is 46.3 Å². The number of benzene rings is 3. The summed E-state index contributed by atoms with van der Waals surface area (Å²) in [7, 11) is 1.47. The van der Waals surface area contributed by atoms with Gasteiger partial charge in [0, 0.05) is 5.69 Å². The van der Waals surface area contributed by atoms with Crippen molar-refractivity contribution in [2.75, 3.05) is 12.0 Å². The predicted octanol–water partition coefficient (Wildman–Crippen LogP) is 5.94. The van der Waals surface area contributed by atoms with E-state index in [1.54, 1.807) is 36.4 Å². The summed E-state index contributed by atoms with van der Waals surface area (Å²) in [6.45, 7) is 1.91. The number of halogens is 2. The van der Waals surface area contributed by atoms with Crippen LogP contribution in [0.2, 0.25) is 10.0 Å². The van der Waals surface area contributed by atoms with Crippen LogP contribution in [0.3, 0.4) is 0 Å². The van der Waals surface area contributed by atoms with Crippen LogP contribution in [-0.2, 0) is 9.59 Å². The van der Waals surface area contributed by atoms with E-state index in [9.17, 15) is 14.7 Å². The molecule has 0 aromatic heterocycles. The SMILES string of the molecule is COc1ccccc1/C(O)=C1\C(=O)C(=O)N(c2ccc(Cl)c(Cl)c2)C1c1cccc(C)c1. The zero-order chi connectivity index (χ0) is 23.0. The van der Waals surface area contributed by atoms with Crippen molar-refractivity contribution in [1.29, 1.82) is 0 Å². The van der Waals surface area contributed by atoms with E-state index < -0.39 is 17.7 Å². The van der Waals surface area contributed by atoms with E-state index in [2.05, 4.69) is 0 Å². The number of aryl methyl sites for hydroxylation is 1. The second-order valence-electron chi connectivity index (χ2n) is 7.38. The molecule has 3 aromatic rings. The number of hydrogen-bond donors (Lipinski definition) is 1. The maximum atomic E-state index is 13.2. The number of rotatable bonds is 4. The number of ether oxygens (including phenoxy) is 1. The first-order chi connectivity index (χ1) is 15.3. The van der Waals surface area contributed by atoms with Gasteiger partial charge in [-0.05, 0) is 42.8 Å². The summed E-state index contributed by atoms with van der Waals surface area (Å²) in [5.74, 6) is -1.50. The van der Waals surface area contributed by atoms with Crippen LogP contribution in [0.1, 0.15) is 22.7 Å². The molecule has 1 heterocycles. The van der Waals surface area contributed by atoms with Crippen LogP contribution in [0.15, 0.2) is 72.3 Å². The summed E-state index contributed by atoms with van der Waals surface area (Å²) in [5.41, 5.74) is 2.30. The molecule has 32 heavy (non-hydrogen) atoms. The van der Waals surface area contributed by atoms with Gasteiger partial charge < -0.3 is 9.84 Å². The molecule has 1 aliphatic rings. The molecule has 1 saturated heterocycles. The number of aliphatic hydroxyl groups is 1. The molecule has 1 atom stereocenters. The maximum Gasteiger partial charge on any atom is 0.300 e. The Labute approximate surface area is 195 Å². The Hall–Kier alpha value is -3.28. The average molecular weight is 468 g/mol. The Kier molecular flexibility index (Phi) is 5.96. The number of para-hydroxylation sites is 1. The van der Waals surface area contributed by atoms with Crippen molar-refractivity contribution < 1.29 is 19.4 Å². The van der Waals surface area contributed by atoms with Gasteiger partial charge in [0.15, 0.2) is 0 Å². The summed E-state index contributed by atoms with van der Waals surface area (Å²) in [6.07, 6.45) is 0. The highest BCUT2D eigenvalue weighted by Crippen LogP contribution is 2.44. The first kappa shape index (κ1) is 21.9. The van der Waals surface area contributed by atoms with Gasteiger partial charge in [0.1, 0.15) is 11.5 Å². The van der Waals surface area contributed by atoms with Gasteiger partial charge in [-0.25, -0.2) is 0 Å². The summed E-state index contributed by atoms with van der Waals surface area (Å²) >= 11 is 12.3. The topological polar surface area (TPSA) is 66.8 Å². The Morgan fingerprint density at radius 2 is 1.72 bits per heavy atom. The Balaban J connectivity index is 1.99. The smallest absolute Gasteiger partial charge is 0.300 e. The fourth-order valence-electron chi connectivity index (χ4n) is 3.87. The van der Waals surface area contributed by atoms with Crippen LogP contribution in [0.25, 0.3) is 5.76 Å². The van der Waals surface area contributed by atoms with Crippen molar-refractivity contribution in [2.45, 2.75) is 13.0 Å². The van der Waals surface area contributed by atoms with Crippen LogP contribution >= 0.6 is 23.2 Å². The number of amides is 1. The summed E-state index contributed by atoms with van der Waals surface area (Å²) < 4.78 is 5.35. The van der Waals surface area contributed by atoms with E-state index in [1.165, 1.54) is 18.1 Å². The van der Waals surface area contributed by atoms with Gasteiger partial charge in [-0.3, -0.25) is 14.5 Å². The molecule has 0 aliphatic carbocycles. The van der Waals surface area contributed by atoms with Gasteiger partial charge in [-0.15, -0.1) is 0 Å². The number of methoxy groups -OCH3 is 1. The zero-order valence-electron chi connectivity index (χ0n) is 17.3. The van der Waals surface area contributed by atoms with Crippen LogP contribution in [0, 0.1) is 6.92 Å². The number of hydrogen-bond acceptors (Lipinski definition) is 4. The number of carbonyl (C=O) groups is 2. The molecule has 0 spiro atoms. The summed E-state index contributed by atoms with van der Waals surface area (Å²) in [4.78, 5) is 27.7. The minimum Gasteiger partial charge on any atom is -0.507 e. The molecule has 162 valence electrons. The number of ketones is 1. The molecule has 0 saturated carbocycles. The minimum absolute atomic E-state index is 0.0313. The summed E-state index contributed by atoms with van der Waals surface area (Å²) in [6, 6.07) is 18.0. The second-order valence-corrected chi connectivity index (χ2v) is 8.20. The van der Waals surface area contributed by atoms with E-state index in [4.69, 9.17) is 27.9 Å². The van der Waals surface area contributed by atoms with Gasteiger partial charge in [0.05, 0.1) is 34.3 Å². The van der Waals surface area contributed by atoms with E-state index in [0.29, 0.717) is 27.6 Å². The van der Waals surface area contributed by atoms with E-state index in [-0.39, 0.29) is 16.4 Å². The van der Waals surface area contributed by atoms with Gasteiger partial charge >= 0.3 is 0 Å². The molecule has 0 bridgehead atoms. The quantitative estimate of drug-likeness (QED) is 0.293. The zero-order valence-corrected chi connectivity index (χ0v) is 18.8. The molecule has 1 aliphatic heterocycles. The molecule has 0 radical (unpaired) electrons. The van der Waals surface area contributed by atoms with Crippen molar-refractivity contribution in [2.24, 2.45) is 0 Å². The first-order valence-corrected chi connectivity index (χ1v) is 10.5. The lowest BCUT2D eigenvalue weighted by molar-refractivity contribution is -0.132. The Morgan fingerprint density at radius 3 is 2.41 bits per heavy atom. The second kappa shape index (κ2) is 8.69. The molecular weight excluding hydrogens is 449 g/mol. The van der Waals surface area contributed by atoms with E-state index in [1.807, 2.05) is 31.2 Å². The summed E-state index contributed by atoms with van der Waals surface area (Å²) in [5, 5.41) is 11.8. The molecular formula is C25H19Cl2NO4. The fraction of sp³-hybridized carbons (Fsp3) is 0.120. The van der Waals surface area contributed by atoms with Crippen LogP contribution in [-0.4, -0.2) is 23.9 Å². The molecule has 7 heteroatoms. The Morgan fingerprint density at radius 1 is 0.969 bits per heavy atom. The van der Waals surface area contributed by atoms with Gasteiger partial charge in [-0.2, -0.15) is 0 Å².